The number of aromatic nitrogens is 2. The molecule has 0 aliphatic heterocycles. The molecule has 0 aliphatic carbocycles. The van der Waals surface area contributed by atoms with Gasteiger partial charge in [-0.1, -0.05) is 0 Å². The molecule has 2 N–H and O–H groups in total. The summed E-state index contributed by atoms with van der Waals surface area (Å²) in [6.07, 6.45) is 3.63. The number of nitrogens with one attached hydrogen (secondary N) is 1. The molecule has 2 heterocycles. The monoisotopic (exact) mass is 247 g/mol. The number of carboxylic acids is 1. The summed E-state index contributed by atoms with van der Waals surface area (Å²) in [6.45, 7) is 4.65. The molecule has 18 heavy (non-hydrogen) atoms. The molecule has 0 aliphatic rings. The van der Waals surface area contributed by atoms with E-state index in [1.54, 1.807) is 6.20 Å². The Kier molecular flexibility index (Phi) is 3.62. The Morgan fingerprint density at radius 1 is 1.56 bits per heavy atom. The Morgan fingerprint density at radius 3 is 3.00 bits per heavy atom. The molecule has 2 rings (SSSR count). The van der Waals surface area contributed by atoms with Crippen molar-refractivity contribution in [3.05, 3.63) is 30.1 Å². The molecule has 0 fully saturated rings. The Bertz CT molecular complexity index is 548. The van der Waals surface area contributed by atoms with Gasteiger partial charge in [0.25, 0.3) is 0 Å². The lowest BCUT2D eigenvalue weighted by atomic mass is 10.2. The first kappa shape index (κ1) is 12.6. The van der Waals surface area contributed by atoms with E-state index in [4.69, 9.17) is 5.11 Å². The van der Waals surface area contributed by atoms with Gasteiger partial charge in [0, 0.05) is 30.4 Å². The first-order valence-electron chi connectivity index (χ1n) is 5.94. The molecule has 0 unspecified atom stereocenters. The summed E-state index contributed by atoms with van der Waals surface area (Å²) in [6, 6.07) is 4.06. The van der Waals surface area contributed by atoms with Crippen molar-refractivity contribution in [2.24, 2.45) is 0 Å². The quantitative estimate of drug-likeness (QED) is 0.846. The average molecular weight is 247 g/mol. The van der Waals surface area contributed by atoms with Gasteiger partial charge >= 0.3 is 5.97 Å². The van der Waals surface area contributed by atoms with Gasteiger partial charge in [-0.05, 0) is 31.5 Å². The number of hydrogen-bond donors (Lipinski definition) is 2. The second kappa shape index (κ2) is 5.18. The van der Waals surface area contributed by atoms with Crippen LogP contribution in [0.15, 0.2) is 24.5 Å². The number of fused-ring (bicyclic) bond motifs is 1. The summed E-state index contributed by atoms with van der Waals surface area (Å²) in [5.41, 5.74) is 1.92. The summed E-state index contributed by atoms with van der Waals surface area (Å²) in [4.78, 5) is 20.1. The predicted octanol–water partition coefficient (Wildman–Crippen LogP) is 1.86. The second-order valence-electron chi connectivity index (χ2n) is 4.61. The largest absolute Gasteiger partial charge is 0.480 e. The predicted molar refractivity (Wildman–Crippen MR) is 69.3 cm³/mol. The summed E-state index contributed by atoms with van der Waals surface area (Å²) in [5.74, 6) is -0.804. The van der Waals surface area contributed by atoms with Crippen LogP contribution in [0.3, 0.4) is 0 Å². The van der Waals surface area contributed by atoms with Gasteiger partial charge < -0.3 is 10.1 Å². The number of aliphatic carboxylic acids is 1. The lowest BCUT2D eigenvalue weighted by molar-refractivity contribution is -0.138. The maximum absolute atomic E-state index is 10.8. The average Bonchev–Trinajstić information content (AvgIpc) is 2.71. The minimum atomic E-state index is -0.804. The highest BCUT2D eigenvalue weighted by Crippen LogP contribution is 2.18. The smallest absolute Gasteiger partial charge is 0.317 e. The van der Waals surface area contributed by atoms with Crippen LogP contribution in [0.25, 0.3) is 11.0 Å². The summed E-state index contributed by atoms with van der Waals surface area (Å²) < 4.78 is 0. The number of hydrogen-bond acceptors (Lipinski definition) is 3. The summed E-state index contributed by atoms with van der Waals surface area (Å²) in [7, 11) is 0. The van der Waals surface area contributed by atoms with Crippen molar-refractivity contribution in [1.29, 1.82) is 0 Å². The zero-order valence-corrected chi connectivity index (χ0v) is 10.6. The number of H-pyrrole nitrogens is 1. The van der Waals surface area contributed by atoms with Crippen molar-refractivity contribution in [1.82, 2.24) is 14.9 Å². The summed E-state index contributed by atoms with van der Waals surface area (Å²) >= 11 is 0. The van der Waals surface area contributed by atoms with Crippen LogP contribution in [0, 0.1) is 0 Å². The molecule has 0 saturated heterocycles. The van der Waals surface area contributed by atoms with Crippen molar-refractivity contribution in [2.45, 2.75) is 26.4 Å². The third-order valence-corrected chi connectivity index (χ3v) is 2.98. The molecule has 96 valence electrons. The number of carboxylic acid groups (broad SMARTS) is 1. The van der Waals surface area contributed by atoms with Gasteiger partial charge in [-0.2, -0.15) is 0 Å². The first-order valence-corrected chi connectivity index (χ1v) is 5.94. The maximum atomic E-state index is 10.8. The third kappa shape index (κ3) is 2.68. The van der Waals surface area contributed by atoms with Crippen LogP contribution in [0.5, 0.6) is 0 Å². The molecule has 2 aromatic rings. The van der Waals surface area contributed by atoms with Gasteiger partial charge in [0.15, 0.2) is 0 Å². The van der Waals surface area contributed by atoms with Gasteiger partial charge in [-0.25, -0.2) is 4.98 Å². The Hall–Kier alpha value is -1.88. The minimum Gasteiger partial charge on any atom is -0.480 e. The molecule has 0 bridgehead atoms. The first-order chi connectivity index (χ1) is 8.58. The zero-order valence-electron chi connectivity index (χ0n) is 10.6. The van der Waals surface area contributed by atoms with Crippen molar-refractivity contribution in [3.8, 4) is 0 Å². The molecule has 0 saturated carbocycles. The molecule has 0 amide bonds. The lowest BCUT2D eigenvalue weighted by Crippen LogP contribution is -2.35. The molecule has 5 heteroatoms. The normalized spacial score (nSPS) is 11.6. The Balaban J connectivity index is 2.23. The highest BCUT2D eigenvalue weighted by Gasteiger charge is 2.15. The van der Waals surface area contributed by atoms with E-state index in [9.17, 15) is 4.79 Å². The van der Waals surface area contributed by atoms with E-state index in [2.05, 4.69) is 9.97 Å². The van der Waals surface area contributed by atoms with Gasteiger partial charge in [0.2, 0.25) is 0 Å². The van der Waals surface area contributed by atoms with E-state index in [1.165, 1.54) is 0 Å². The summed E-state index contributed by atoms with van der Waals surface area (Å²) in [5, 5.41) is 9.96. The molecular formula is C13H17N3O2. The Morgan fingerprint density at radius 2 is 2.33 bits per heavy atom. The number of pyridine rings is 1. The fourth-order valence-electron chi connectivity index (χ4n) is 1.96. The van der Waals surface area contributed by atoms with E-state index in [0.29, 0.717) is 6.54 Å². The van der Waals surface area contributed by atoms with Crippen LogP contribution in [-0.4, -0.2) is 38.5 Å². The van der Waals surface area contributed by atoms with E-state index >= 15 is 0 Å². The van der Waals surface area contributed by atoms with Gasteiger partial charge in [-0.3, -0.25) is 9.69 Å². The lowest BCUT2D eigenvalue weighted by Gasteiger charge is -2.24. The molecule has 2 aromatic heterocycles. The fourth-order valence-corrected chi connectivity index (χ4v) is 1.96. The third-order valence-electron chi connectivity index (χ3n) is 2.98. The number of nitrogens with zero attached hydrogens (tertiary/aromatic N) is 2. The molecule has 5 nitrogen and oxygen atoms in total. The number of aromatic amines is 1. The topological polar surface area (TPSA) is 69.2 Å². The molecule has 0 atom stereocenters. The zero-order chi connectivity index (χ0) is 13.1. The second-order valence-corrected chi connectivity index (χ2v) is 4.61. The SMILES string of the molecule is CC(C)N(CC(=O)O)Cc1c[nH]c2ncccc12. The van der Waals surface area contributed by atoms with Gasteiger partial charge in [-0.15, -0.1) is 0 Å². The van der Waals surface area contributed by atoms with Crippen LogP contribution in [-0.2, 0) is 11.3 Å². The van der Waals surface area contributed by atoms with Crippen LogP contribution in [0.2, 0.25) is 0 Å². The van der Waals surface area contributed by atoms with Crippen molar-refractivity contribution in [3.63, 3.8) is 0 Å². The highest BCUT2D eigenvalue weighted by molar-refractivity contribution is 5.79. The standard InChI is InChI=1S/C13H17N3O2/c1-9(2)16(8-12(17)18)7-10-6-15-13-11(10)4-3-5-14-13/h3-6,9H,7-8H2,1-2H3,(H,14,15)(H,17,18). The minimum absolute atomic E-state index is 0.0462. The molecule has 0 aromatic carbocycles. The van der Waals surface area contributed by atoms with Gasteiger partial charge in [0.1, 0.15) is 5.65 Å². The molecule has 0 spiro atoms. The van der Waals surface area contributed by atoms with Crippen molar-refractivity contribution >= 4 is 17.0 Å². The van der Waals surface area contributed by atoms with Crippen LogP contribution in [0.4, 0.5) is 0 Å². The van der Waals surface area contributed by atoms with Crippen LogP contribution < -0.4 is 0 Å². The van der Waals surface area contributed by atoms with Gasteiger partial charge in [0.05, 0.1) is 6.54 Å². The number of carbonyl (C=O) groups is 1. The maximum Gasteiger partial charge on any atom is 0.317 e. The van der Waals surface area contributed by atoms with Crippen molar-refractivity contribution in [2.75, 3.05) is 6.54 Å². The van der Waals surface area contributed by atoms with Crippen LogP contribution >= 0.6 is 0 Å². The van der Waals surface area contributed by atoms with E-state index in [1.807, 2.05) is 37.1 Å². The Labute approximate surface area is 105 Å². The van der Waals surface area contributed by atoms with E-state index in [-0.39, 0.29) is 12.6 Å². The number of rotatable bonds is 5. The van der Waals surface area contributed by atoms with Crippen LogP contribution in [0.1, 0.15) is 19.4 Å². The highest BCUT2D eigenvalue weighted by atomic mass is 16.4. The fraction of sp³-hybridized carbons (Fsp3) is 0.385. The molecule has 0 radical (unpaired) electrons. The van der Waals surface area contributed by atoms with E-state index < -0.39 is 5.97 Å². The van der Waals surface area contributed by atoms with E-state index in [0.717, 1.165) is 16.6 Å². The molecular weight excluding hydrogens is 230 g/mol. The van der Waals surface area contributed by atoms with Crippen molar-refractivity contribution < 1.29 is 9.90 Å².